The van der Waals surface area contributed by atoms with E-state index in [1.54, 1.807) is 15.1 Å². The fourth-order valence-corrected chi connectivity index (χ4v) is 21.1. The molecule has 0 radical (unpaired) electrons. The van der Waals surface area contributed by atoms with Crippen molar-refractivity contribution in [1.29, 1.82) is 0 Å². The Morgan fingerprint density at radius 1 is 1.04 bits per heavy atom. The molecule has 3 nitrogen and oxygen atoms in total. The Balaban J connectivity index is 2.74. The Bertz CT molecular complexity index is 842. The molecule has 0 fully saturated rings. The van der Waals surface area contributed by atoms with Crippen molar-refractivity contribution in [2.45, 2.75) is 90.4 Å². The van der Waals surface area contributed by atoms with E-state index in [2.05, 4.69) is 104 Å². The Morgan fingerprint density at radius 2 is 1.54 bits per heavy atom. The summed E-state index contributed by atoms with van der Waals surface area (Å²) in [4.78, 5) is 5.45. The topological polar surface area (TPSA) is 22.9 Å². The van der Waals surface area contributed by atoms with Gasteiger partial charge in [0.25, 0.3) is 0 Å². The number of imidazole rings is 1. The fraction of sp³-hybridized carbons (Fsp3) is 0.696. The summed E-state index contributed by atoms with van der Waals surface area (Å²) in [6, 6.07) is 0. The van der Waals surface area contributed by atoms with Crippen molar-refractivity contribution in [3.8, 4) is 0 Å². The second-order valence-electron chi connectivity index (χ2n) is 10.7. The summed E-state index contributed by atoms with van der Waals surface area (Å²) < 4.78 is 6.74. The molecule has 1 heterocycles. The Morgan fingerprint density at radius 3 is 1.93 bits per heavy atom. The number of hydrogen-bond acceptors (Lipinski definition) is 0. The molecule has 1 aliphatic rings. The molecule has 1 aromatic heterocycles. The van der Waals surface area contributed by atoms with Crippen molar-refractivity contribution in [1.82, 2.24) is 4.57 Å². The van der Waals surface area contributed by atoms with Crippen molar-refractivity contribution in [2.24, 2.45) is 14.1 Å². The van der Waals surface area contributed by atoms with Crippen LogP contribution in [0.25, 0.3) is 4.98 Å². The number of rotatable bonds is 4. The maximum atomic E-state index is 5.45. The van der Waals surface area contributed by atoms with Gasteiger partial charge in [-0.25, -0.2) is 0 Å². The molecule has 156 valence electrons. The van der Waals surface area contributed by atoms with Crippen molar-refractivity contribution >= 4 is 28.8 Å². The van der Waals surface area contributed by atoms with E-state index >= 15 is 0 Å². The molecule has 1 unspecified atom stereocenters. The van der Waals surface area contributed by atoms with E-state index in [0.717, 1.165) is 0 Å². The van der Waals surface area contributed by atoms with E-state index in [1.165, 1.54) is 22.5 Å². The van der Waals surface area contributed by atoms with Gasteiger partial charge >= 0.3 is 181 Å². The van der Waals surface area contributed by atoms with Crippen LogP contribution in [0.5, 0.6) is 0 Å². The van der Waals surface area contributed by atoms with Gasteiger partial charge < -0.3 is 0 Å². The third kappa shape index (κ3) is 3.57. The predicted octanol–water partition coefficient (Wildman–Crippen LogP) is 5.14. The van der Waals surface area contributed by atoms with Crippen LogP contribution in [0.4, 0.5) is 0 Å². The average molecular weight is 458 g/mol. The van der Waals surface area contributed by atoms with Gasteiger partial charge in [0.15, 0.2) is 0 Å². The summed E-state index contributed by atoms with van der Waals surface area (Å²) in [6.07, 6.45) is 0. The first kappa shape index (κ1) is 23.8. The second kappa shape index (κ2) is 7.33. The molecule has 2 rings (SSSR count). The van der Waals surface area contributed by atoms with Crippen LogP contribution in [-0.4, -0.2) is 34.6 Å². The summed E-state index contributed by atoms with van der Waals surface area (Å²) in [7, 11) is 2.60. The fourth-order valence-electron chi connectivity index (χ4n) is 5.86. The molecule has 0 N–H and O–H groups in total. The van der Waals surface area contributed by atoms with Crippen LogP contribution in [0.1, 0.15) is 59.9 Å². The van der Waals surface area contributed by atoms with E-state index in [9.17, 15) is 0 Å². The van der Waals surface area contributed by atoms with Crippen LogP contribution in [0.2, 0.25) is 22.5 Å². The zero-order valence-electron chi connectivity index (χ0n) is 20.9. The van der Waals surface area contributed by atoms with Crippen LogP contribution < -0.4 is 8.95 Å². The molecule has 0 spiro atoms. The molecule has 0 aromatic carbocycles. The molecule has 0 bridgehead atoms. The summed E-state index contributed by atoms with van der Waals surface area (Å²) >= 11 is -2.01. The molecule has 28 heavy (non-hydrogen) atoms. The zero-order chi connectivity index (χ0) is 22.0. The van der Waals surface area contributed by atoms with E-state index in [1.807, 2.05) is 0 Å². The molecule has 1 aromatic rings. The first-order valence-electron chi connectivity index (χ1n) is 10.6. The van der Waals surface area contributed by atoms with Crippen molar-refractivity contribution in [3.63, 3.8) is 0 Å². The second-order valence-corrected chi connectivity index (χ2v) is 21.0. The van der Waals surface area contributed by atoms with Crippen molar-refractivity contribution in [3.05, 3.63) is 38.3 Å². The third-order valence-electron chi connectivity index (χ3n) is 7.50. The van der Waals surface area contributed by atoms with E-state index in [4.69, 9.17) is 4.98 Å². The molecular formula is C23H42GaN3Si. The van der Waals surface area contributed by atoms with Gasteiger partial charge in [0, 0.05) is 0 Å². The van der Waals surface area contributed by atoms with Gasteiger partial charge in [0.2, 0.25) is 0 Å². The SMILES string of the molecule is CC1=C(C)[C](C)([Ga]([CH3])[c]2n(C)c(C)c(C)[n+]2C)C([Si](C)(C)[N-]C(C)(C)C)=C1C. The van der Waals surface area contributed by atoms with Crippen LogP contribution in [0, 0.1) is 13.8 Å². The summed E-state index contributed by atoms with van der Waals surface area (Å²) in [6.45, 7) is 25.9. The summed E-state index contributed by atoms with van der Waals surface area (Å²) in [5, 5.41) is 1.70. The molecule has 0 amide bonds. The van der Waals surface area contributed by atoms with Gasteiger partial charge in [-0.2, -0.15) is 0 Å². The standard InChI is InChI=1S/C15H27NSi.C7H12N2.CH3.Ga/c1-10-11(2)13(4)14(12(10)3)17(8,9)16-15(5,6)7;1-6-7(2)9(4)5-8(6)3;;/h1-9H3;1-4H3;1H3;/q-1;+1;;. The van der Waals surface area contributed by atoms with E-state index < -0.39 is 24.5 Å². The quantitative estimate of drug-likeness (QED) is 0.441. The van der Waals surface area contributed by atoms with Gasteiger partial charge in [-0.15, -0.1) is 0 Å². The van der Waals surface area contributed by atoms with Crippen molar-refractivity contribution in [2.75, 3.05) is 0 Å². The number of allylic oxidation sites excluding steroid dienone is 4. The molecular weight excluding hydrogens is 416 g/mol. The summed E-state index contributed by atoms with van der Waals surface area (Å²) in [5.74, 6) is 0. The molecule has 5 heteroatoms. The Hall–Kier alpha value is -0.497. The predicted molar refractivity (Wildman–Crippen MR) is 127 cm³/mol. The van der Waals surface area contributed by atoms with Crippen LogP contribution >= 0.6 is 0 Å². The normalized spacial score (nSPS) is 21.2. The van der Waals surface area contributed by atoms with Gasteiger partial charge in [-0.3, -0.25) is 0 Å². The van der Waals surface area contributed by atoms with Crippen LogP contribution in [0.15, 0.2) is 21.9 Å². The summed E-state index contributed by atoms with van der Waals surface area (Å²) in [5.41, 5.74) is 10.1. The molecule has 0 saturated carbocycles. The average Bonchev–Trinajstić information content (AvgIpc) is 2.84. The Kier molecular flexibility index (Phi) is 6.22. The number of aromatic nitrogens is 2. The molecule has 1 aliphatic carbocycles. The van der Waals surface area contributed by atoms with Gasteiger partial charge in [-0.1, -0.05) is 0 Å². The Labute approximate surface area is 180 Å². The van der Waals surface area contributed by atoms with Crippen molar-refractivity contribution < 1.29 is 4.57 Å². The van der Waals surface area contributed by atoms with Gasteiger partial charge in [0.1, 0.15) is 0 Å². The number of nitrogens with zero attached hydrogens (tertiary/aromatic N) is 3. The van der Waals surface area contributed by atoms with E-state index in [-0.39, 0.29) is 9.51 Å². The molecule has 0 saturated heterocycles. The minimum absolute atomic E-state index is 0.00731. The number of hydrogen-bond donors (Lipinski definition) is 0. The van der Waals surface area contributed by atoms with Gasteiger partial charge in [0.05, 0.1) is 0 Å². The first-order chi connectivity index (χ1) is 12.5. The van der Waals surface area contributed by atoms with Crippen LogP contribution in [0.3, 0.4) is 0 Å². The third-order valence-corrected chi connectivity index (χ3v) is 19.8. The zero-order valence-corrected chi connectivity index (χ0v) is 24.3. The minimum atomic E-state index is -2.01. The molecule has 1 atom stereocenters. The monoisotopic (exact) mass is 457 g/mol. The maximum absolute atomic E-state index is 5.45. The first-order valence-corrected chi connectivity index (χ1v) is 18.4. The van der Waals surface area contributed by atoms with Crippen LogP contribution in [-0.2, 0) is 14.1 Å². The van der Waals surface area contributed by atoms with Gasteiger partial charge in [-0.05, 0) is 0 Å². The van der Waals surface area contributed by atoms with E-state index in [0.29, 0.717) is 0 Å². The molecule has 0 aliphatic heterocycles.